The van der Waals surface area contributed by atoms with Crippen LogP contribution in [0.15, 0.2) is 48.5 Å². The summed E-state index contributed by atoms with van der Waals surface area (Å²) in [6, 6.07) is 15.7. The number of carboxylic acids is 1. The first-order chi connectivity index (χ1) is 16.7. The van der Waals surface area contributed by atoms with E-state index in [1.165, 1.54) is 0 Å². The summed E-state index contributed by atoms with van der Waals surface area (Å²) in [5.74, 6) is -8.93. The predicted molar refractivity (Wildman–Crippen MR) is 124 cm³/mol. The summed E-state index contributed by atoms with van der Waals surface area (Å²) in [7, 11) is 0. The Morgan fingerprint density at radius 1 is 1.00 bits per heavy atom. The maximum absolute atomic E-state index is 14.3. The number of nitrogens with one attached hydrogen (secondary N) is 2. The van der Waals surface area contributed by atoms with E-state index in [1.807, 2.05) is 48.5 Å². The quantitative estimate of drug-likeness (QED) is 0.494. The van der Waals surface area contributed by atoms with E-state index in [1.54, 1.807) is 13.8 Å². The van der Waals surface area contributed by atoms with E-state index >= 15 is 0 Å². The molecular formula is C26H28F2N2O5. The Balaban J connectivity index is 1.33. The molecule has 7 nitrogen and oxygen atoms in total. The Kier molecular flexibility index (Phi) is 6.53. The van der Waals surface area contributed by atoms with Crippen molar-refractivity contribution >= 4 is 18.0 Å². The van der Waals surface area contributed by atoms with Gasteiger partial charge in [-0.25, -0.2) is 18.4 Å². The van der Waals surface area contributed by atoms with Crippen molar-refractivity contribution in [2.45, 2.75) is 44.1 Å². The third-order valence-electron chi connectivity index (χ3n) is 7.27. The zero-order valence-electron chi connectivity index (χ0n) is 19.5. The second kappa shape index (κ2) is 9.28. The normalized spacial score (nSPS) is 19.9. The second-order valence-electron chi connectivity index (χ2n) is 9.05. The van der Waals surface area contributed by atoms with Crippen LogP contribution in [0.2, 0.25) is 0 Å². The lowest BCUT2D eigenvalue weighted by Gasteiger charge is -2.28. The van der Waals surface area contributed by atoms with Gasteiger partial charge in [-0.2, -0.15) is 0 Å². The van der Waals surface area contributed by atoms with E-state index in [9.17, 15) is 28.3 Å². The van der Waals surface area contributed by atoms with Crippen molar-refractivity contribution in [3.05, 3.63) is 59.7 Å². The van der Waals surface area contributed by atoms with Gasteiger partial charge in [-0.1, -0.05) is 62.4 Å². The minimum atomic E-state index is -3.34. The summed E-state index contributed by atoms with van der Waals surface area (Å²) in [5, 5.41) is 14.1. The lowest BCUT2D eigenvalue weighted by molar-refractivity contribution is -0.148. The second-order valence-corrected chi connectivity index (χ2v) is 9.05. The molecule has 0 aromatic heterocycles. The van der Waals surface area contributed by atoms with Gasteiger partial charge in [0.25, 0.3) is 5.92 Å². The Labute approximate surface area is 201 Å². The number of carboxylic acid groups (broad SMARTS) is 1. The molecule has 2 aromatic carbocycles. The Morgan fingerprint density at radius 2 is 1.54 bits per heavy atom. The fraction of sp³-hybridized carbons (Fsp3) is 0.423. The minimum Gasteiger partial charge on any atom is -0.480 e. The molecule has 9 heteroatoms. The number of alkyl carbamates (subject to hydrolysis) is 1. The maximum Gasteiger partial charge on any atom is 0.407 e. The molecule has 2 aliphatic rings. The van der Waals surface area contributed by atoms with Crippen LogP contribution in [0.4, 0.5) is 13.6 Å². The number of ether oxygens (including phenoxy) is 1. The van der Waals surface area contributed by atoms with Crippen LogP contribution < -0.4 is 10.6 Å². The van der Waals surface area contributed by atoms with E-state index in [2.05, 4.69) is 10.6 Å². The number of aliphatic carboxylic acids is 1. The summed E-state index contributed by atoms with van der Waals surface area (Å²) < 4.78 is 34.0. The molecule has 4 rings (SSSR count). The molecule has 0 saturated heterocycles. The van der Waals surface area contributed by atoms with Crippen molar-refractivity contribution in [1.82, 2.24) is 10.6 Å². The number of fused-ring (bicyclic) bond motifs is 3. The minimum absolute atomic E-state index is 0.0406. The summed E-state index contributed by atoms with van der Waals surface area (Å²) in [4.78, 5) is 36.3. The van der Waals surface area contributed by atoms with Gasteiger partial charge in [0.2, 0.25) is 5.91 Å². The monoisotopic (exact) mass is 486 g/mol. The first kappa shape index (κ1) is 24.6. The summed E-state index contributed by atoms with van der Waals surface area (Å²) in [5.41, 5.74) is 2.60. The third kappa shape index (κ3) is 4.35. The molecule has 2 atom stereocenters. The smallest absolute Gasteiger partial charge is 0.407 e. The van der Waals surface area contributed by atoms with Gasteiger partial charge in [0.1, 0.15) is 18.1 Å². The van der Waals surface area contributed by atoms with Crippen molar-refractivity contribution < 1.29 is 33.0 Å². The van der Waals surface area contributed by atoms with Crippen LogP contribution in [0.3, 0.4) is 0 Å². The topological polar surface area (TPSA) is 105 Å². The van der Waals surface area contributed by atoms with E-state index in [4.69, 9.17) is 4.74 Å². The van der Waals surface area contributed by atoms with Crippen LogP contribution >= 0.6 is 0 Å². The Morgan fingerprint density at radius 3 is 2.06 bits per heavy atom. The zero-order chi connectivity index (χ0) is 25.4. The van der Waals surface area contributed by atoms with E-state index < -0.39 is 47.8 Å². The van der Waals surface area contributed by atoms with Gasteiger partial charge in [0, 0.05) is 12.5 Å². The summed E-state index contributed by atoms with van der Waals surface area (Å²) in [6.07, 6.45) is -0.729. The van der Waals surface area contributed by atoms with Crippen LogP contribution in [0.1, 0.15) is 43.7 Å². The average molecular weight is 487 g/mol. The SMILES string of the molecule is CCC(CC)(NC(=O)C1C(CNC(=O)OCC2c3ccccc3-c3ccccc32)C1(F)F)C(=O)O. The largest absolute Gasteiger partial charge is 0.480 e. The number of halogens is 2. The van der Waals surface area contributed by atoms with Crippen LogP contribution in [0.5, 0.6) is 0 Å². The van der Waals surface area contributed by atoms with Crippen LogP contribution in [0, 0.1) is 11.8 Å². The van der Waals surface area contributed by atoms with Gasteiger partial charge in [-0.15, -0.1) is 0 Å². The lowest BCUT2D eigenvalue weighted by atomic mass is 9.92. The zero-order valence-corrected chi connectivity index (χ0v) is 19.5. The van der Waals surface area contributed by atoms with Crippen molar-refractivity contribution in [2.24, 2.45) is 11.8 Å². The number of carbonyl (C=O) groups excluding carboxylic acids is 2. The standard InChI is InChI=1S/C26H28F2N2O5/c1-3-25(4-2,23(32)33)30-22(31)21-20(26(21,27)28)13-29-24(34)35-14-19-17-11-7-5-9-15(17)16-10-6-8-12-18(16)19/h5-12,19-21H,3-4,13-14H2,1-2H3,(H,29,34)(H,30,31)(H,32,33). The highest BCUT2D eigenvalue weighted by Crippen LogP contribution is 2.55. The summed E-state index contributed by atoms with van der Waals surface area (Å²) >= 11 is 0. The van der Waals surface area contributed by atoms with Gasteiger partial charge < -0.3 is 20.5 Å². The van der Waals surface area contributed by atoms with Crippen molar-refractivity contribution in [2.75, 3.05) is 13.2 Å². The molecule has 2 aromatic rings. The number of hydrogen-bond acceptors (Lipinski definition) is 4. The predicted octanol–water partition coefficient (Wildman–Crippen LogP) is 4.17. The molecule has 1 saturated carbocycles. The van der Waals surface area contributed by atoms with Crippen molar-refractivity contribution in [3.8, 4) is 11.1 Å². The Bertz CT molecular complexity index is 1100. The first-order valence-corrected chi connectivity index (χ1v) is 11.7. The average Bonchev–Trinajstić information content (AvgIpc) is 3.26. The Hall–Kier alpha value is -3.49. The molecule has 186 valence electrons. The van der Waals surface area contributed by atoms with Crippen molar-refractivity contribution in [3.63, 3.8) is 0 Å². The lowest BCUT2D eigenvalue weighted by Crippen LogP contribution is -2.54. The molecule has 35 heavy (non-hydrogen) atoms. The molecule has 2 aliphatic carbocycles. The number of benzene rings is 2. The molecule has 0 radical (unpaired) electrons. The number of rotatable bonds is 9. The highest BCUT2D eigenvalue weighted by molar-refractivity contribution is 5.90. The van der Waals surface area contributed by atoms with E-state index in [0.717, 1.165) is 22.3 Å². The molecule has 0 spiro atoms. The molecule has 0 bridgehead atoms. The fourth-order valence-corrected chi connectivity index (χ4v) is 4.94. The van der Waals surface area contributed by atoms with Crippen LogP contribution in [-0.2, 0) is 14.3 Å². The van der Waals surface area contributed by atoms with Crippen LogP contribution in [-0.4, -0.2) is 47.7 Å². The molecule has 1 fully saturated rings. The molecule has 0 heterocycles. The molecule has 3 N–H and O–H groups in total. The summed E-state index contributed by atoms with van der Waals surface area (Å²) in [6.45, 7) is 2.72. The number of hydrogen-bond donors (Lipinski definition) is 3. The third-order valence-corrected chi connectivity index (χ3v) is 7.27. The van der Waals surface area contributed by atoms with Gasteiger partial charge in [0.15, 0.2) is 0 Å². The molecule has 2 amide bonds. The molecular weight excluding hydrogens is 458 g/mol. The van der Waals surface area contributed by atoms with E-state index in [0.29, 0.717) is 0 Å². The van der Waals surface area contributed by atoms with Gasteiger partial charge >= 0.3 is 12.1 Å². The number of alkyl halides is 2. The highest BCUT2D eigenvalue weighted by Gasteiger charge is 2.72. The fourth-order valence-electron chi connectivity index (χ4n) is 4.94. The molecule has 0 aliphatic heterocycles. The molecule has 2 unspecified atom stereocenters. The first-order valence-electron chi connectivity index (χ1n) is 11.7. The van der Waals surface area contributed by atoms with E-state index in [-0.39, 0.29) is 25.4 Å². The van der Waals surface area contributed by atoms with Gasteiger partial charge in [0.05, 0.1) is 5.92 Å². The van der Waals surface area contributed by atoms with Gasteiger partial charge in [-0.3, -0.25) is 4.79 Å². The highest BCUT2D eigenvalue weighted by atomic mass is 19.3. The maximum atomic E-state index is 14.3. The van der Waals surface area contributed by atoms with Crippen molar-refractivity contribution in [1.29, 1.82) is 0 Å². The van der Waals surface area contributed by atoms with Crippen LogP contribution in [0.25, 0.3) is 11.1 Å². The number of carbonyl (C=O) groups is 3. The number of amides is 2. The van der Waals surface area contributed by atoms with Gasteiger partial charge in [-0.05, 0) is 35.1 Å².